The minimum absolute atomic E-state index is 0.158. The van der Waals surface area contributed by atoms with Crippen LogP contribution in [0.25, 0.3) is 0 Å². The molecule has 0 atom stereocenters. The fourth-order valence-electron chi connectivity index (χ4n) is 1.41. The Kier molecular flexibility index (Phi) is 6.06. The highest BCUT2D eigenvalue weighted by atomic mass is 32.2. The van der Waals surface area contributed by atoms with Crippen LogP contribution in [0.15, 0.2) is 58.2 Å². The van der Waals surface area contributed by atoms with Crippen molar-refractivity contribution in [3.8, 4) is 0 Å². The Labute approximate surface area is 122 Å². The molecule has 5 heteroatoms. The van der Waals surface area contributed by atoms with Crippen LogP contribution < -0.4 is 0 Å². The Morgan fingerprint density at radius 3 is 2.05 bits per heavy atom. The lowest BCUT2D eigenvalue weighted by Gasteiger charge is -2.13. The molecule has 0 N–H and O–H groups in total. The fourth-order valence-corrected chi connectivity index (χ4v) is 2.28. The highest BCUT2D eigenvalue weighted by Gasteiger charge is 2.15. The molecule has 0 bridgehead atoms. The van der Waals surface area contributed by atoms with Gasteiger partial charge in [-0.25, -0.2) is 0 Å². The fraction of sp³-hybridized carbons (Fsp3) is 0.200. The van der Waals surface area contributed by atoms with Crippen LogP contribution in [-0.2, 0) is 19.1 Å². The Balaban J connectivity index is 3.04. The average molecular weight is 292 g/mol. The molecule has 4 nitrogen and oxygen atoms in total. The number of allylic oxidation sites excluding steroid dienone is 1. The van der Waals surface area contributed by atoms with E-state index < -0.39 is 11.9 Å². The molecule has 0 spiro atoms. The zero-order valence-electron chi connectivity index (χ0n) is 11.6. The molecule has 20 heavy (non-hydrogen) atoms. The van der Waals surface area contributed by atoms with Crippen molar-refractivity contribution >= 4 is 23.7 Å². The highest BCUT2D eigenvalue weighted by molar-refractivity contribution is 8.03. The number of carbonyl (C=O) groups excluding carboxylic acids is 2. The molecule has 1 aromatic rings. The SMILES string of the molecule is C=C(OC(C)=O)/C(Sc1ccccc1)=C(/C)OC(C)=O. The molecule has 1 rings (SSSR count). The van der Waals surface area contributed by atoms with E-state index in [2.05, 4.69) is 6.58 Å². The van der Waals surface area contributed by atoms with Gasteiger partial charge in [-0.2, -0.15) is 0 Å². The van der Waals surface area contributed by atoms with Crippen LogP contribution in [0, 0.1) is 0 Å². The summed E-state index contributed by atoms with van der Waals surface area (Å²) in [6, 6.07) is 9.46. The smallest absolute Gasteiger partial charge is 0.308 e. The van der Waals surface area contributed by atoms with Gasteiger partial charge in [-0.15, -0.1) is 0 Å². The lowest BCUT2D eigenvalue weighted by atomic mass is 10.4. The summed E-state index contributed by atoms with van der Waals surface area (Å²) in [6.07, 6.45) is 0. The van der Waals surface area contributed by atoms with Gasteiger partial charge in [0.25, 0.3) is 0 Å². The van der Waals surface area contributed by atoms with E-state index in [0.717, 1.165) is 4.90 Å². The Morgan fingerprint density at radius 2 is 1.55 bits per heavy atom. The molecule has 0 aliphatic heterocycles. The number of hydrogen-bond acceptors (Lipinski definition) is 5. The maximum absolute atomic E-state index is 11.1. The molecule has 106 valence electrons. The van der Waals surface area contributed by atoms with Crippen molar-refractivity contribution in [2.45, 2.75) is 25.7 Å². The van der Waals surface area contributed by atoms with Crippen molar-refractivity contribution in [3.63, 3.8) is 0 Å². The topological polar surface area (TPSA) is 52.6 Å². The third-order valence-electron chi connectivity index (χ3n) is 2.10. The third kappa shape index (κ3) is 5.32. The molecule has 1 aromatic carbocycles. The van der Waals surface area contributed by atoms with Gasteiger partial charge in [0.1, 0.15) is 11.5 Å². The quantitative estimate of drug-likeness (QED) is 0.359. The van der Waals surface area contributed by atoms with Crippen molar-refractivity contribution in [1.29, 1.82) is 0 Å². The molecular formula is C15H16O4S. The number of hydrogen-bond donors (Lipinski definition) is 0. The number of rotatable bonds is 5. The summed E-state index contributed by atoms with van der Waals surface area (Å²) in [6.45, 7) is 7.93. The number of thioether (sulfide) groups is 1. The maximum Gasteiger partial charge on any atom is 0.308 e. The van der Waals surface area contributed by atoms with Gasteiger partial charge in [0.15, 0.2) is 0 Å². The van der Waals surface area contributed by atoms with Crippen molar-refractivity contribution in [2.24, 2.45) is 0 Å². The molecule has 0 fully saturated rings. The van der Waals surface area contributed by atoms with Gasteiger partial charge in [-0.05, 0) is 19.1 Å². The number of benzene rings is 1. The van der Waals surface area contributed by atoms with Crippen molar-refractivity contribution in [1.82, 2.24) is 0 Å². The van der Waals surface area contributed by atoms with Crippen LogP contribution in [0.4, 0.5) is 0 Å². The van der Waals surface area contributed by atoms with Crippen molar-refractivity contribution in [2.75, 3.05) is 0 Å². The molecule has 0 aromatic heterocycles. The molecular weight excluding hydrogens is 276 g/mol. The predicted molar refractivity (Wildman–Crippen MR) is 77.7 cm³/mol. The van der Waals surface area contributed by atoms with Gasteiger partial charge < -0.3 is 9.47 Å². The Morgan fingerprint density at radius 1 is 1.00 bits per heavy atom. The summed E-state index contributed by atoms with van der Waals surface area (Å²) in [7, 11) is 0. The Hall–Kier alpha value is -2.01. The summed E-state index contributed by atoms with van der Waals surface area (Å²) in [5, 5.41) is 0. The Bertz CT molecular complexity index is 546. The monoisotopic (exact) mass is 292 g/mol. The van der Waals surface area contributed by atoms with E-state index in [-0.39, 0.29) is 5.76 Å². The third-order valence-corrected chi connectivity index (χ3v) is 3.33. The van der Waals surface area contributed by atoms with Crippen LogP contribution in [0.1, 0.15) is 20.8 Å². The predicted octanol–water partition coefficient (Wildman–Crippen LogP) is 3.65. The minimum Gasteiger partial charge on any atom is -0.430 e. The zero-order chi connectivity index (χ0) is 15.1. The normalized spacial score (nSPS) is 11.3. The van der Waals surface area contributed by atoms with Crippen molar-refractivity contribution < 1.29 is 19.1 Å². The summed E-state index contributed by atoms with van der Waals surface area (Å²) in [5.41, 5.74) is 0. The minimum atomic E-state index is -0.475. The summed E-state index contributed by atoms with van der Waals surface area (Å²) in [4.78, 5) is 23.5. The van der Waals surface area contributed by atoms with E-state index in [1.54, 1.807) is 6.92 Å². The second kappa shape index (κ2) is 7.55. The highest BCUT2D eigenvalue weighted by Crippen LogP contribution is 2.34. The maximum atomic E-state index is 11.1. The summed E-state index contributed by atoms with van der Waals surface area (Å²) >= 11 is 1.31. The molecule has 0 saturated carbocycles. The largest absolute Gasteiger partial charge is 0.430 e. The molecule has 0 radical (unpaired) electrons. The number of carbonyl (C=O) groups is 2. The molecule has 0 amide bonds. The summed E-state index contributed by atoms with van der Waals surface area (Å²) in [5.74, 6) is -0.413. The first-order valence-electron chi connectivity index (χ1n) is 5.90. The molecule has 0 aliphatic carbocycles. The lowest BCUT2D eigenvalue weighted by Crippen LogP contribution is -2.04. The second-order valence-electron chi connectivity index (χ2n) is 3.91. The van der Waals surface area contributed by atoms with Crippen LogP contribution in [0.2, 0.25) is 0 Å². The van der Waals surface area contributed by atoms with E-state index in [4.69, 9.17) is 9.47 Å². The first kappa shape index (κ1) is 16.0. The van der Waals surface area contributed by atoms with E-state index in [9.17, 15) is 9.59 Å². The second-order valence-corrected chi connectivity index (χ2v) is 4.99. The van der Waals surface area contributed by atoms with Crippen LogP contribution in [0.3, 0.4) is 0 Å². The first-order chi connectivity index (χ1) is 9.40. The standard InChI is InChI=1S/C15H16O4S/c1-10(18-12(3)16)15(11(2)19-13(4)17)20-14-8-6-5-7-9-14/h5-9H,1H2,2-4H3/b15-11+. The van der Waals surface area contributed by atoms with E-state index in [1.165, 1.54) is 25.6 Å². The van der Waals surface area contributed by atoms with Gasteiger partial charge in [-0.3, -0.25) is 9.59 Å². The molecule has 0 heterocycles. The van der Waals surface area contributed by atoms with Gasteiger partial charge in [0.2, 0.25) is 0 Å². The van der Waals surface area contributed by atoms with Gasteiger partial charge >= 0.3 is 11.9 Å². The van der Waals surface area contributed by atoms with Gasteiger partial charge in [0, 0.05) is 18.7 Å². The van der Waals surface area contributed by atoms with Crippen LogP contribution >= 0.6 is 11.8 Å². The molecule has 0 saturated heterocycles. The van der Waals surface area contributed by atoms with E-state index >= 15 is 0 Å². The van der Waals surface area contributed by atoms with Crippen LogP contribution in [0.5, 0.6) is 0 Å². The number of ether oxygens (including phenoxy) is 2. The average Bonchev–Trinajstić information content (AvgIpc) is 2.35. The lowest BCUT2D eigenvalue weighted by molar-refractivity contribution is -0.136. The first-order valence-corrected chi connectivity index (χ1v) is 6.71. The van der Waals surface area contributed by atoms with Gasteiger partial charge in [-0.1, -0.05) is 36.5 Å². The molecule has 0 unspecified atom stereocenters. The van der Waals surface area contributed by atoms with Crippen LogP contribution in [-0.4, -0.2) is 11.9 Å². The number of esters is 2. The van der Waals surface area contributed by atoms with Crippen molar-refractivity contribution in [3.05, 3.63) is 53.3 Å². The molecule has 0 aliphatic rings. The zero-order valence-corrected chi connectivity index (χ0v) is 12.5. The van der Waals surface area contributed by atoms with Gasteiger partial charge in [0.05, 0.1) is 4.91 Å². The summed E-state index contributed by atoms with van der Waals surface area (Å²) < 4.78 is 10.0. The van der Waals surface area contributed by atoms with E-state index in [1.807, 2.05) is 30.3 Å². The van der Waals surface area contributed by atoms with E-state index in [0.29, 0.717) is 10.7 Å².